The van der Waals surface area contributed by atoms with Crippen LogP contribution in [0.2, 0.25) is 0 Å². The molecule has 3 aliphatic heterocycles. The average molecular weight is 479 g/mol. The van der Waals surface area contributed by atoms with Crippen molar-refractivity contribution in [2.75, 3.05) is 13.1 Å². The van der Waals surface area contributed by atoms with E-state index in [1.54, 1.807) is 0 Å². The molecular formula is C27H31BrN2O. The highest BCUT2D eigenvalue weighted by atomic mass is 79.9. The zero-order chi connectivity index (χ0) is 20.7. The van der Waals surface area contributed by atoms with Crippen molar-refractivity contribution in [2.45, 2.75) is 38.5 Å². The zero-order valence-corrected chi connectivity index (χ0v) is 19.7. The van der Waals surface area contributed by atoms with Gasteiger partial charge in [0.25, 0.3) is 0 Å². The van der Waals surface area contributed by atoms with Crippen LogP contribution in [0.5, 0.6) is 0 Å². The predicted molar refractivity (Wildman–Crippen MR) is 122 cm³/mol. The van der Waals surface area contributed by atoms with Crippen LogP contribution in [-0.4, -0.2) is 33.7 Å². The molecule has 3 nitrogen and oxygen atoms in total. The number of nitrogens with zero attached hydrogens (tertiary/aromatic N) is 2. The van der Waals surface area contributed by atoms with Crippen molar-refractivity contribution in [2.24, 2.45) is 11.8 Å². The van der Waals surface area contributed by atoms with Gasteiger partial charge in [-0.1, -0.05) is 54.1 Å². The minimum Gasteiger partial charge on any atom is -1.00 e. The zero-order valence-electron chi connectivity index (χ0n) is 18.1. The van der Waals surface area contributed by atoms with Crippen molar-refractivity contribution in [3.05, 3.63) is 90.1 Å². The number of piperidine rings is 3. The molecule has 4 heteroatoms. The molecule has 0 radical (unpaired) electrons. The van der Waals surface area contributed by atoms with Gasteiger partial charge in [-0.2, -0.15) is 0 Å². The van der Waals surface area contributed by atoms with E-state index in [0.29, 0.717) is 11.8 Å². The van der Waals surface area contributed by atoms with E-state index in [2.05, 4.69) is 54.9 Å². The van der Waals surface area contributed by atoms with Crippen LogP contribution in [-0.2, 0) is 6.54 Å². The summed E-state index contributed by atoms with van der Waals surface area (Å²) in [5.41, 5.74) is 4.65. The highest BCUT2D eigenvalue weighted by Gasteiger charge is 2.53. The third-order valence-corrected chi connectivity index (χ3v) is 7.62. The Morgan fingerprint density at radius 3 is 2.84 bits per heavy atom. The van der Waals surface area contributed by atoms with Crippen LogP contribution in [0.15, 0.2) is 73.4 Å². The lowest BCUT2D eigenvalue weighted by Crippen LogP contribution is -3.00. The molecule has 0 spiro atoms. The monoisotopic (exact) mass is 478 g/mol. The molecule has 4 unspecified atom stereocenters. The van der Waals surface area contributed by atoms with Crippen LogP contribution < -0.4 is 17.0 Å². The number of halogens is 1. The Morgan fingerprint density at radius 2 is 2.03 bits per heavy atom. The summed E-state index contributed by atoms with van der Waals surface area (Å²) in [6.07, 6.45) is 5.80. The fourth-order valence-electron chi connectivity index (χ4n) is 6.14. The second kappa shape index (κ2) is 8.85. The van der Waals surface area contributed by atoms with Gasteiger partial charge in [0.2, 0.25) is 0 Å². The van der Waals surface area contributed by atoms with Gasteiger partial charge in [-0.15, -0.1) is 6.58 Å². The van der Waals surface area contributed by atoms with Gasteiger partial charge in [-0.25, -0.2) is 0 Å². The first kappa shape index (κ1) is 22.2. The van der Waals surface area contributed by atoms with Crippen LogP contribution in [0.3, 0.4) is 0 Å². The lowest BCUT2D eigenvalue weighted by molar-refractivity contribution is -0.984. The van der Waals surface area contributed by atoms with Gasteiger partial charge in [0.1, 0.15) is 18.7 Å². The van der Waals surface area contributed by atoms with Gasteiger partial charge < -0.3 is 26.6 Å². The van der Waals surface area contributed by atoms with E-state index in [1.807, 2.05) is 30.5 Å². The fourth-order valence-corrected chi connectivity index (χ4v) is 6.14. The summed E-state index contributed by atoms with van der Waals surface area (Å²) in [5, 5.41) is 12.8. The van der Waals surface area contributed by atoms with E-state index >= 15 is 0 Å². The third-order valence-electron chi connectivity index (χ3n) is 7.62. The van der Waals surface area contributed by atoms with Gasteiger partial charge in [-0.05, 0) is 30.5 Å². The molecule has 2 bridgehead atoms. The SMILES string of the molecule is C=CC1C[N+]2(Cc3cccc(C)c3)CCC1CC2[C@H](O)c1ccnc2ccccc12.[Br-]. The molecule has 4 heterocycles. The molecule has 162 valence electrons. The molecule has 0 saturated carbocycles. The van der Waals surface area contributed by atoms with Crippen LogP contribution in [0.4, 0.5) is 0 Å². The second-order valence-electron chi connectivity index (χ2n) is 9.39. The molecule has 1 N–H and O–H groups in total. The van der Waals surface area contributed by atoms with Crippen LogP contribution >= 0.6 is 0 Å². The number of benzene rings is 2. The van der Waals surface area contributed by atoms with Gasteiger partial charge in [0.15, 0.2) is 0 Å². The van der Waals surface area contributed by atoms with Crippen molar-refractivity contribution in [3.8, 4) is 0 Å². The number of aliphatic hydroxyl groups is 1. The quantitative estimate of drug-likeness (QED) is 0.450. The van der Waals surface area contributed by atoms with Crippen molar-refractivity contribution >= 4 is 10.9 Å². The Balaban J connectivity index is 0.00000231. The molecule has 3 fully saturated rings. The maximum atomic E-state index is 11.8. The maximum Gasteiger partial charge on any atom is 0.131 e. The fraction of sp³-hybridized carbons (Fsp3) is 0.370. The van der Waals surface area contributed by atoms with E-state index in [0.717, 1.165) is 47.0 Å². The topological polar surface area (TPSA) is 33.1 Å². The molecule has 0 amide bonds. The first-order chi connectivity index (χ1) is 14.6. The number of hydrogen-bond acceptors (Lipinski definition) is 2. The van der Waals surface area contributed by atoms with E-state index in [1.165, 1.54) is 17.5 Å². The number of aliphatic hydroxyl groups excluding tert-OH is 1. The molecule has 3 aromatic rings. The maximum absolute atomic E-state index is 11.8. The van der Waals surface area contributed by atoms with Gasteiger partial charge >= 0.3 is 0 Å². The van der Waals surface area contributed by atoms with Crippen LogP contribution in [0.25, 0.3) is 10.9 Å². The highest BCUT2D eigenvalue weighted by Crippen LogP contribution is 2.48. The van der Waals surface area contributed by atoms with E-state index < -0.39 is 6.10 Å². The number of quaternary nitrogens is 1. The number of pyridine rings is 1. The summed E-state index contributed by atoms with van der Waals surface area (Å²) >= 11 is 0. The standard InChI is InChI=1S/C27H31N2O.BrH/c1-3-21-18-29(17-20-8-6-7-19(2)15-20)14-12-22(21)16-26(29)27(30)24-11-13-28-25-10-5-4-9-23(24)25;/h3-11,13,15,21-22,26-27,30H,1,12,14,16-18H2,2H3;1H/q+1;/p-1/t21?,22?,26?,27-,29?;/m1./s1. The molecule has 1 aromatic heterocycles. The Kier molecular flexibility index (Phi) is 6.34. The minimum atomic E-state index is -0.490. The Hall–Kier alpha value is -2.01. The Bertz CT molecular complexity index is 1080. The number of aromatic nitrogens is 1. The van der Waals surface area contributed by atoms with Crippen LogP contribution in [0.1, 0.15) is 35.6 Å². The predicted octanol–water partition coefficient (Wildman–Crippen LogP) is 2.19. The molecule has 3 aliphatic rings. The molecule has 31 heavy (non-hydrogen) atoms. The molecule has 6 rings (SSSR count). The Morgan fingerprint density at radius 1 is 1.19 bits per heavy atom. The van der Waals surface area contributed by atoms with Gasteiger partial charge in [-0.3, -0.25) is 4.98 Å². The van der Waals surface area contributed by atoms with Crippen LogP contribution in [0, 0.1) is 18.8 Å². The number of aryl methyl sites for hydroxylation is 1. The molecule has 3 saturated heterocycles. The largest absolute Gasteiger partial charge is 1.00 e. The average Bonchev–Trinajstić information content (AvgIpc) is 2.78. The summed E-state index contributed by atoms with van der Waals surface area (Å²) in [7, 11) is 0. The lowest BCUT2D eigenvalue weighted by Gasteiger charge is -2.58. The molecule has 0 aliphatic carbocycles. The summed E-state index contributed by atoms with van der Waals surface area (Å²) in [6.45, 7) is 9.49. The first-order valence-electron chi connectivity index (χ1n) is 11.2. The summed E-state index contributed by atoms with van der Waals surface area (Å²) in [4.78, 5) is 4.51. The van der Waals surface area contributed by atoms with Crippen molar-refractivity contribution in [1.82, 2.24) is 4.98 Å². The normalized spacial score (nSPS) is 28.1. The summed E-state index contributed by atoms with van der Waals surface area (Å²) in [5.74, 6) is 1.17. The van der Waals surface area contributed by atoms with Crippen molar-refractivity contribution < 1.29 is 26.6 Å². The number of hydrogen-bond donors (Lipinski definition) is 1. The highest BCUT2D eigenvalue weighted by molar-refractivity contribution is 5.82. The third kappa shape index (κ3) is 3.97. The molecular weight excluding hydrogens is 448 g/mol. The first-order valence-corrected chi connectivity index (χ1v) is 11.2. The Labute approximate surface area is 195 Å². The van der Waals surface area contributed by atoms with E-state index in [-0.39, 0.29) is 23.0 Å². The van der Waals surface area contributed by atoms with Gasteiger partial charge in [0, 0.05) is 35.9 Å². The number of rotatable bonds is 5. The smallest absolute Gasteiger partial charge is 0.131 e. The second-order valence-corrected chi connectivity index (χ2v) is 9.39. The van der Waals surface area contributed by atoms with Crippen molar-refractivity contribution in [3.63, 3.8) is 0 Å². The van der Waals surface area contributed by atoms with Gasteiger partial charge in [0.05, 0.1) is 18.6 Å². The van der Waals surface area contributed by atoms with E-state index in [9.17, 15) is 5.11 Å². The van der Waals surface area contributed by atoms with E-state index in [4.69, 9.17) is 0 Å². The lowest BCUT2D eigenvalue weighted by atomic mass is 9.71. The molecule has 2 aromatic carbocycles. The van der Waals surface area contributed by atoms with Crippen molar-refractivity contribution in [1.29, 1.82) is 0 Å². The number of fused-ring (bicyclic) bond motifs is 4. The molecule has 5 atom stereocenters. The summed E-state index contributed by atoms with van der Waals surface area (Å²) < 4.78 is 0.953. The summed E-state index contributed by atoms with van der Waals surface area (Å²) in [6, 6.07) is 19.3. The number of para-hydroxylation sites is 1. The minimum absolute atomic E-state index is 0.